The molecule has 1 unspecified atom stereocenters. The van der Waals surface area contributed by atoms with Crippen molar-refractivity contribution >= 4 is 29.1 Å². The first kappa shape index (κ1) is 25.8. The average Bonchev–Trinajstić information content (AvgIpc) is 3.36. The van der Waals surface area contributed by atoms with Gasteiger partial charge in [0, 0.05) is 19.9 Å². The van der Waals surface area contributed by atoms with E-state index in [9.17, 15) is 19.5 Å². The molecule has 0 bridgehead atoms. The highest BCUT2D eigenvalue weighted by molar-refractivity contribution is 7.13. The van der Waals surface area contributed by atoms with Gasteiger partial charge in [0.05, 0.1) is 28.2 Å². The van der Waals surface area contributed by atoms with E-state index in [0.717, 1.165) is 21.7 Å². The first-order chi connectivity index (χ1) is 15.9. The summed E-state index contributed by atoms with van der Waals surface area (Å²) in [6.07, 6.45) is -0.639. The van der Waals surface area contributed by atoms with Crippen LogP contribution in [0.25, 0.3) is 10.4 Å². The van der Waals surface area contributed by atoms with Crippen LogP contribution in [0.4, 0.5) is 0 Å². The Morgan fingerprint density at radius 1 is 1.18 bits per heavy atom. The molecule has 1 aromatic carbocycles. The standard InChI is InChI=1S/C25H34N4O4S/c1-14(17-7-9-18(10-8-17)21-15(2)26-13-34-21)27-23(32)20-11-19(31)12-29(20)24(33)22(25(4,5)6)28-16(3)30/h7-10,13-14,19-20,22,31H,11-12H2,1-6H3,(H,27,32)(H,28,30)/t14-,19?,20-,22+/m0/s1. The number of hydrogen-bond donors (Lipinski definition) is 3. The number of aromatic nitrogens is 1. The molecule has 0 saturated carbocycles. The Balaban J connectivity index is 1.72. The zero-order valence-electron chi connectivity index (χ0n) is 20.6. The molecule has 3 N–H and O–H groups in total. The van der Waals surface area contributed by atoms with Crippen molar-refractivity contribution < 1.29 is 19.5 Å². The second-order valence-corrected chi connectivity index (χ2v) is 10.9. The maximum absolute atomic E-state index is 13.3. The number of thiazole rings is 1. The molecule has 0 spiro atoms. The van der Waals surface area contributed by atoms with Gasteiger partial charge in [-0.25, -0.2) is 4.98 Å². The molecule has 184 valence electrons. The summed E-state index contributed by atoms with van der Waals surface area (Å²) in [7, 11) is 0. The molecule has 3 amide bonds. The number of nitrogens with zero attached hydrogens (tertiary/aromatic N) is 2. The van der Waals surface area contributed by atoms with E-state index in [0.29, 0.717) is 0 Å². The normalized spacial score (nSPS) is 20.0. The molecule has 1 aliphatic heterocycles. The predicted molar refractivity (Wildman–Crippen MR) is 132 cm³/mol. The molecule has 4 atom stereocenters. The lowest BCUT2D eigenvalue weighted by Gasteiger charge is -2.35. The second kappa shape index (κ2) is 10.2. The van der Waals surface area contributed by atoms with Gasteiger partial charge in [0.1, 0.15) is 12.1 Å². The van der Waals surface area contributed by atoms with Gasteiger partial charge in [-0.1, -0.05) is 45.0 Å². The maximum atomic E-state index is 13.3. The molecule has 3 rings (SSSR count). The van der Waals surface area contributed by atoms with Crippen LogP contribution in [-0.4, -0.2) is 57.4 Å². The lowest BCUT2D eigenvalue weighted by atomic mass is 9.85. The number of aliphatic hydroxyl groups is 1. The molecule has 1 aliphatic rings. The van der Waals surface area contributed by atoms with Crippen LogP contribution >= 0.6 is 11.3 Å². The van der Waals surface area contributed by atoms with Crippen molar-refractivity contribution in [1.29, 1.82) is 0 Å². The van der Waals surface area contributed by atoms with Gasteiger partial charge in [-0.15, -0.1) is 11.3 Å². The van der Waals surface area contributed by atoms with E-state index >= 15 is 0 Å². The van der Waals surface area contributed by atoms with Crippen LogP contribution in [0.2, 0.25) is 0 Å². The largest absolute Gasteiger partial charge is 0.391 e. The van der Waals surface area contributed by atoms with Crippen LogP contribution in [-0.2, 0) is 14.4 Å². The zero-order valence-corrected chi connectivity index (χ0v) is 21.4. The van der Waals surface area contributed by atoms with E-state index in [4.69, 9.17) is 0 Å². The van der Waals surface area contributed by atoms with Crippen molar-refractivity contribution in [3.05, 3.63) is 41.0 Å². The zero-order chi connectivity index (χ0) is 25.2. The number of rotatable bonds is 6. The lowest BCUT2D eigenvalue weighted by molar-refractivity contribution is -0.144. The summed E-state index contributed by atoms with van der Waals surface area (Å²) in [5.41, 5.74) is 4.26. The summed E-state index contributed by atoms with van der Waals surface area (Å²) in [4.78, 5) is 45.0. The monoisotopic (exact) mass is 486 g/mol. The van der Waals surface area contributed by atoms with Crippen LogP contribution in [0, 0.1) is 12.3 Å². The third kappa shape index (κ3) is 5.82. The fourth-order valence-electron chi connectivity index (χ4n) is 4.22. The number of β-amino-alcohol motifs (C(OH)–C–C–N with tert-alkyl or cyclic N) is 1. The summed E-state index contributed by atoms with van der Waals surface area (Å²) in [6.45, 7) is 10.8. The minimum absolute atomic E-state index is 0.0559. The van der Waals surface area contributed by atoms with Crippen molar-refractivity contribution in [2.75, 3.05) is 6.54 Å². The fourth-order valence-corrected chi connectivity index (χ4v) is 5.03. The second-order valence-electron chi connectivity index (χ2n) is 10.0. The van der Waals surface area contributed by atoms with Gasteiger partial charge in [0.15, 0.2) is 0 Å². The van der Waals surface area contributed by atoms with E-state index < -0.39 is 23.6 Å². The molecule has 9 heteroatoms. The smallest absolute Gasteiger partial charge is 0.246 e. The quantitative estimate of drug-likeness (QED) is 0.581. The molecule has 1 aromatic heterocycles. The number of nitrogens with one attached hydrogen (secondary N) is 2. The number of carbonyl (C=O) groups is 3. The van der Waals surface area contributed by atoms with Crippen LogP contribution in [0.1, 0.15) is 58.3 Å². The van der Waals surface area contributed by atoms with Crippen LogP contribution in [0.15, 0.2) is 29.8 Å². The third-order valence-corrected chi connectivity index (χ3v) is 7.08. The molecule has 2 aromatic rings. The van der Waals surface area contributed by atoms with E-state index in [1.165, 1.54) is 11.8 Å². The first-order valence-corrected chi connectivity index (χ1v) is 12.3. The minimum atomic E-state index is -0.803. The Morgan fingerprint density at radius 2 is 1.82 bits per heavy atom. The SMILES string of the molecule is CC(=O)N[C@H](C(=O)N1CC(O)C[C@H]1C(=O)N[C@@H](C)c1ccc(-c2scnc2C)cc1)C(C)(C)C. The number of likely N-dealkylation sites (tertiary alicyclic amines) is 1. The highest BCUT2D eigenvalue weighted by Crippen LogP contribution is 2.29. The van der Waals surface area contributed by atoms with Gasteiger partial charge < -0.3 is 20.6 Å². The van der Waals surface area contributed by atoms with Gasteiger partial charge in [0.25, 0.3) is 0 Å². The molecular formula is C25H34N4O4S. The van der Waals surface area contributed by atoms with E-state index in [2.05, 4.69) is 15.6 Å². The highest BCUT2D eigenvalue weighted by Gasteiger charge is 2.44. The Kier molecular flexibility index (Phi) is 7.77. The van der Waals surface area contributed by atoms with Crippen molar-refractivity contribution in [3.63, 3.8) is 0 Å². The van der Waals surface area contributed by atoms with Crippen molar-refractivity contribution in [1.82, 2.24) is 20.5 Å². The number of benzene rings is 1. The number of carbonyl (C=O) groups excluding carboxylic acids is 3. The Bertz CT molecular complexity index is 1040. The summed E-state index contributed by atoms with van der Waals surface area (Å²) < 4.78 is 0. The van der Waals surface area contributed by atoms with E-state index in [-0.39, 0.29) is 36.7 Å². The number of aryl methyl sites for hydroxylation is 1. The number of aliphatic hydroxyl groups excluding tert-OH is 1. The van der Waals surface area contributed by atoms with Gasteiger partial charge >= 0.3 is 0 Å². The van der Waals surface area contributed by atoms with E-state index in [1.54, 1.807) is 11.3 Å². The van der Waals surface area contributed by atoms with Crippen LogP contribution < -0.4 is 10.6 Å². The average molecular weight is 487 g/mol. The fraction of sp³-hybridized carbons (Fsp3) is 0.520. The van der Waals surface area contributed by atoms with Crippen molar-refractivity contribution in [2.24, 2.45) is 5.41 Å². The maximum Gasteiger partial charge on any atom is 0.246 e. The molecular weight excluding hydrogens is 452 g/mol. The van der Waals surface area contributed by atoms with Gasteiger partial charge in [-0.05, 0) is 30.4 Å². The molecule has 1 fully saturated rings. The van der Waals surface area contributed by atoms with Gasteiger partial charge in [-0.2, -0.15) is 0 Å². The first-order valence-electron chi connectivity index (χ1n) is 11.4. The molecule has 0 aliphatic carbocycles. The topological polar surface area (TPSA) is 112 Å². The molecule has 8 nitrogen and oxygen atoms in total. The molecule has 2 heterocycles. The van der Waals surface area contributed by atoms with Crippen LogP contribution in [0.5, 0.6) is 0 Å². The van der Waals surface area contributed by atoms with Gasteiger partial charge in [0.2, 0.25) is 17.7 Å². The minimum Gasteiger partial charge on any atom is -0.391 e. The number of hydrogen-bond acceptors (Lipinski definition) is 6. The highest BCUT2D eigenvalue weighted by atomic mass is 32.1. The summed E-state index contributed by atoms with van der Waals surface area (Å²) in [5.74, 6) is -1.01. The summed E-state index contributed by atoms with van der Waals surface area (Å²) in [5, 5.41) is 16.0. The number of amides is 3. The molecule has 1 saturated heterocycles. The van der Waals surface area contributed by atoms with Crippen molar-refractivity contribution in [3.8, 4) is 10.4 Å². The summed E-state index contributed by atoms with van der Waals surface area (Å²) >= 11 is 1.59. The Morgan fingerprint density at radius 3 is 2.35 bits per heavy atom. The Hall–Kier alpha value is -2.78. The van der Waals surface area contributed by atoms with E-state index in [1.807, 2.05) is 64.4 Å². The predicted octanol–water partition coefficient (Wildman–Crippen LogP) is 2.81. The summed E-state index contributed by atoms with van der Waals surface area (Å²) in [6, 6.07) is 6.07. The third-order valence-electron chi connectivity index (χ3n) is 6.10. The Labute approximate surface area is 204 Å². The van der Waals surface area contributed by atoms with Crippen LogP contribution in [0.3, 0.4) is 0 Å². The molecule has 0 radical (unpaired) electrons. The van der Waals surface area contributed by atoms with Crippen molar-refractivity contribution in [2.45, 2.75) is 72.2 Å². The van der Waals surface area contributed by atoms with Gasteiger partial charge in [-0.3, -0.25) is 14.4 Å². The lowest BCUT2D eigenvalue weighted by Crippen LogP contribution is -2.57. The molecule has 34 heavy (non-hydrogen) atoms.